The van der Waals surface area contributed by atoms with Crippen molar-refractivity contribution < 1.29 is 22.1 Å². The lowest BCUT2D eigenvalue weighted by Gasteiger charge is -2.28. The van der Waals surface area contributed by atoms with Gasteiger partial charge in [0.05, 0.1) is 4.90 Å². The van der Waals surface area contributed by atoms with Gasteiger partial charge in [-0.25, -0.2) is 0 Å². The predicted octanol–water partition coefficient (Wildman–Crippen LogP) is 6.17. The molecular formula is C22H17Cl3O5S. The first-order valence-electron chi connectivity index (χ1n) is 9.27. The Morgan fingerprint density at radius 3 is 2.42 bits per heavy atom. The number of ether oxygens (including phenoxy) is 2. The molecule has 5 nitrogen and oxygen atoms in total. The number of fused-ring (bicyclic) bond motifs is 1. The Morgan fingerprint density at radius 2 is 1.68 bits per heavy atom. The molecule has 162 valence electrons. The van der Waals surface area contributed by atoms with Crippen LogP contribution >= 0.6 is 34.8 Å². The van der Waals surface area contributed by atoms with Gasteiger partial charge in [-0.1, -0.05) is 52.5 Å². The van der Waals surface area contributed by atoms with Gasteiger partial charge in [0.2, 0.25) is 0 Å². The van der Waals surface area contributed by atoms with Crippen LogP contribution in [0.15, 0.2) is 59.5 Å². The molecule has 0 radical (unpaired) electrons. The Morgan fingerprint density at radius 1 is 0.968 bits per heavy atom. The lowest BCUT2D eigenvalue weighted by atomic mass is 10.0. The van der Waals surface area contributed by atoms with Crippen LogP contribution < -0.4 is 9.47 Å². The lowest BCUT2D eigenvalue weighted by molar-refractivity contribution is 0.0561. The molecule has 1 atom stereocenters. The van der Waals surface area contributed by atoms with Crippen LogP contribution in [0.1, 0.15) is 5.56 Å². The van der Waals surface area contributed by atoms with E-state index in [1.807, 2.05) is 6.92 Å². The molecule has 9 heteroatoms. The van der Waals surface area contributed by atoms with Gasteiger partial charge in [-0.3, -0.25) is 4.18 Å². The third-order valence-electron chi connectivity index (χ3n) is 4.67. The molecule has 0 aliphatic carbocycles. The summed E-state index contributed by atoms with van der Waals surface area (Å²) in [5.74, 6) is 0.817. The predicted molar refractivity (Wildman–Crippen MR) is 121 cm³/mol. The van der Waals surface area contributed by atoms with Gasteiger partial charge in [0, 0.05) is 32.3 Å². The summed E-state index contributed by atoms with van der Waals surface area (Å²) in [4.78, 5) is 0.0772. The zero-order valence-corrected chi connectivity index (χ0v) is 19.4. The maximum atomic E-state index is 12.5. The summed E-state index contributed by atoms with van der Waals surface area (Å²) in [6, 6.07) is 14.8. The Labute approximate surface area is 195 Å². The van der Waals surface area contributed by atoms with E-state index in [2.05, 4.69) is 0 Å². The highest BCUT2D eigenvalue weighted by atomic mass is 35.5. The Kier molecular flexibility index (Phi) is 6.37. The largest absolute Gasteiger partial charge is 0.486 e. The van der Waals surface area contributed by atoms with Crippen LogP contribution in [0.5, 0.6) is 11.5 Å². The van der Waals surface area contributed by atoms with Gasteiger partial charge in [0.1, 0.15) is 13.2 Å². The van der Waals surface area contributed by atoms with Crippen LogP contribution in [-0.4, -0.2) is 27.7 Å². The van der Waals surface area contributed by atoms with Gasteiger partial charge in [-0.2, -0.15) is 8.42 Å². The summed E-state index contributed by atoms with van der Waals surface area (Å²) < 4.78 is 42.0. The lowest BCUT2D eigenvalue weighted by Crippen LogP contribution is -2.34. The van der Waals surface area contributed by atoms with Crippen molar-refractivity contribution in [3.63, 3.8) is 0 Å². The number of aryl methyl sites for hydroxylation is 1. The summed E-state index contributed by atoms with van der Waals surface area (Å²) in [6.45, 7) is 1.75. The molecule has 0 spiro atoms. The van der Waals surface area contributed by atoms with E-state index >= 15 is 0 Å². The van der Waals surface area contributed by atoms with E-state index in [0.29, 0.717) is 37.7 Å². The smallest absolute Gasteiger partial charge is 0.297 e. The van der Waals surface area contributed by atoms with Crippen LogP contribution in [-0.2, 0) is 14.3 Å². The van der Waals surface area contributed by atoms with E-state index in [1.165, 1.54) is 12.1 Å². The average Bonchev–Trinajstić information content (AvgIpc) is 2.74. The van der Waals surface area contributed by atoms with Gasteiger partial charge in [0.25, 0.3) is 10.1 Å². The summed E-state index contributed by atoms with van der Waals surface area (Å²) in [6.07, 6.45) is -0.661. The third kappa shape index (κ3) is 4.94. The van der Waals surface area contributed by atoms with Crippen molar-refractivity contribution >= 4 is 44.9 Å². The molecule has 0 fully saturated rings. The number of benzene rings is 3. The third-order valence-corrected chi connectivity index (χ3v) is 6.74. The zero-order valence-electron chi connectivity index (χ0n) is 16.3. The summed E-state index contributed by atoms with van der Waals surface area (Å²) >= 11 is 18.7. The maximum Gasteiger partial charge on any atom is 0.297 e. The number of hydrogen-bond acceptors (Lipinski definition) is 5. The normalized spacial score (nSPS) is 15.7. The summed E-state index contributed by atoms with van der Waals surface area (Å²) in [5.41, 5.74) is 2.15. The van der Waals surface area contributed by atoms with Crippen molar-refractivity contribution in [2.75, 3.05) is 13.2 Å². The van der Waals surface area contributed by atoms with Crippen LogP contribution in [0.2, 0.25) is 15.1 Å². The molecular weight excluding hydrogens is 483 g/mol. The highest BCUT2D eigenvalue weighted by Crippen LogP contribution is 2.45. The molecule has 3 aromatic carbocycles. The molecule has 0 unspecified atom stereocenters. The second-order valence-corrected chi connectivity index (χ2v) is 9.90. The van der Waals surface area contributed by atoms with Crippen molar-refractivity contribution in [3.8, 4) is 22.6 Å². The first kappa shape index (κ1) is 22.2. The highest BCUT2D eigenvalue weighted by Gasteiger charge is 2.28. The van der Waals surface area contributed by atoms with Gasteiger partial charge in [-0.05, 0) is 43.3 Å². The molecule has 31 heavy (non-hydrogen) atoms. The number of hydrogen-bond donors (Lipinski definition) is 0. The molecule has 3 aromatic rings. The van der Waals surface area contributed by atoms with E-state index in [9.17, 15) is 8.42 Å². The van der Waals surface area contributed by atoms with E-state index in [0.717, 1.165) is 5.56 Å². The van der Waals surface area contributed by atoms with E-state index < -0.39 is 16.2 Å². The molecule has 0 N–H and O–H groups in total. The number of rotatable bonds is 5. The van der Waals surface area contributed by atoms with E-state index in [1.54, 1.807) is 42.5 Å². The first-order valence-corrected chi connectivity index (χ1v) is 11.8. The molecule has 1 aliphatic heterocycles. The molecule has 1 aliphatic rings. The van der Waals surface area contributed by atoms with E-state index in [4.69, 9.17) is 48.5 Å². The van der Waals surface area contributed by atoms with Gasteiger partial charge < -0.3 is 9.47 Å². The Bertz CT molecular complexity index is 1230. The second kappa shape index (κ2) is 8.88. The fourth-order valence-electron chi connectivity index (χ4n) is 3.11. The summed E-state index contributed by atoms with van der Waals surface area (Å²) in [5, 5.41) is 1.39. The fourth-order valence-corrected chi connectivity index (χ4v) is 4.64. The van der Waals surface area contributed by atoms with Crippen LogP contribution in [0.25, 0.3) is 11.1 Å². The SMILES string of the molecule is Cc1ccc(S(=O)(=O)OC[C@H]2COc3cc(Cl)cc(-c4cc(Cl)ccc4Cl)c3O2)cc1. The van der Waals surface area contributed by atoms with Crippen LogP contribution in [0, 0.1) is 6.92 Å². The Hall–Kier alpha value is -1.96. The molecule has 4 rings (SSSR count). The summed E-state index contributed by atoms with van der Waals surface area (Å²) in [7, 11) is -3.93. The molecule has 0 saturated carbocycles. The van der Waals surface area contributed by atoms with Crippen molar-refractivity contribution in [2.45, 2.75) is 17.9 Å². The van der Waals surface area contributed by atoms with Gasteiger partial charge in [-0.15, -0.1) is 0 Å². The second-order valence-electron chi connectivity index (χ2n) is 7.01. The van der Waals surface area contributed by atoms with Crippen molar-refractivity contribution in [2.24, 2.45) is 0 Å². The average molecular weight is 500 g/mol. The molecule has 0 amide bonds. The number of halogens is 3. The minimum absolute atomic E-state index is 0.0772. The molecule has 0 aromatic heterocycles. The standard InChI is InChI=1S/C22H17Cl3O5S/c1-13-2-5-17(6-3-13)31(26,27)29-12-16-11-28-21-10-15(24)9-19(22(21)30-16)18-8-14(23)4-7-20(18)25/h2-10,16H,11-12H2,1H3/t16-/m1/s1. The topological polar surface area (TPSA) is 61.8 Å². The van der Waals surface area contributed by atoms with Crippen molar-refractivity contribution in [1.82, 2.24) is 0 Å². The van der Waals surface area contributed by atoms with Gasteiger partial charge >= 0.3 is 0 Å². The zero-order chi connectivity index (χ0) is 22.2. The fraction of sp³-hybridized carbons (Fsp3) is 0.182. The van der Waals surface area contributed by atoms with Crippen LogP contribution in [0.4, 0.5) is 0 Å². The molecule has 1 heterocycles. The minimum Gasteiger partial charge on any atom is -0.486 e. The molecule has 0 bridgehead atoms. The van der Waals surface area contributed by atoms with Crippen LogP contribution in [0.3, 0.4) is 0 Å². The van der Waals surface area contributed by atoms with Crippen molar-refractivity contribution in [1.29, 1.82) is 0 Å². The van der Waals surface area contributed by atoms with E-state index in [-0.39, 0.29) is 18.1 Å². The highest BCUT2D eigenvalue weighted by molar-refractivity contribution is 7.86. The quantitative estimate of drug-likeness (QED) is 0.393. The van der Waals surface area contributed by atoms with Gasteiger partial charge in [0.15, 0.2) is 17.6 Å². The minimum atomic E-state index is -3.93. The Balaban J connectivity index is 1.58. The van der Waals surface area contributed by atoms with Crippen molar-refractivity contribution in [3.05, 3.63) is 75.2 Å². The monoisotopic (exact) mass is 498 g/mol. The first-order chi connectivity index (χ1) is 14.7. The molecule has 0 saturated heterocycles. The maximum absolute atomic E-state index is 12.5.